The highest BCUT2D eigenvalue weighted by molar-refractivity contribution is 7.91. The highest BCUT2D eigenvalue weighted by atomic mass is 32.2. The van der Waals surface area contributed by atoms with E-state index in [1.54, 1.807) is 7.05 Å². The van der Waals surface area contributed by atoms with Gasteiger partial charge in [0, 0.05) is 18.5 Å². The molecule has 0 aromatic carbocycles. The van der Waals surface area contributed by atoms with Crippen molar-refractivity contribution in [3.8, 4) is 0 Å². The van der Waals surface area contributed by atoms with Gasteiger partial charge in [0.2, 0.25) is 0 Å². The molecular weight excluding hydrogens is 268 g/mol. The lowest BCUT2D eigenvalue weighted by Crippen LogP contribution is -2.39. The zero-order chi connectivity index (χ0) is 14.1. The monoisotopic (exact) mass is 290 g/mol. The molecular formula is C12H22N2O2S2. The summed E-state index contributed by atoms with van der Waals surface area (Å²) in [6, 6.07) is 1.90. The molecule has 1 aromatic heterocycles. The van der Waals surface area contributed by atoms with Crippen molar-refractivity contribution in [3.05, 3.63) is 16.5 Å². The van der Waals surface area contributed by atoms with E-state index < -0.39 is 10.0 Å². The molecule has 0 fully saturated rings. The largest absolute Gasteiger partial charge is 0.330 e. The topological polar surface area (TPSA) is 63.4 Å². The lowest BCUT2D eigenvalue weighted by Gasteiger charge is -2.28. The molecule has 0 amide bonds. The van der Waals surface area contributed by atoms with Gasteiger partial charge in [-0.3, -0.25) is 0 Å². The first-order valence-corrected chi connectivity index (χ1v) is 8.09. The van der Waals surface area contributed by atoms with Crippen molar-refractivity contribution >= 4 is 21.4 Å². The van der Waals surface area contributed by atoms with Gasteiger partial charge in [0.15, 0.2) is 0 Å². The minimum absolute atomic E-state index is 0.220. The highest BCUT2D eigenvalue weighted by Crippen LogP contribution is 2.29. The predicted octanol–water partition coefficient (Wildman–Crippen LogP) is 1.97. The highest BCUT2D eigenvalue weighted by Gasteiger charge is 2.29. The standard InChI is InChI=1S/C12H22N2O2S2/c1-9-6-10(2)17-11(9)18(15,16)14(5)8-12(3,4)7-13/h6H,7-8,13H2,1-5H3. The Morgan fingerprint density at radius 1 is 1.39 bits per heavy atom. The fourth-order valence-electron chi connectivity index (χ4n) is 1.77. The summed E-state index contributed by atoms with van der Waals surface area (Å²) in [6.07, 6.45) is 0. The van der Waals surface area contributed by atoms with Crippen LogP contribution in [0.4, 0.5) is 0 Å². The second-order valence-corrected chi connectivity index (χ2v) is 8.95. The van der Waals surface area contributed by atoms with Gasteiger partial charge >= 0.3 is 0 Å². The summed E-state index contributed by atoms with van der Waals surface area (Å²) in [5, 5.41) is 0. The average Bonchev–Trinajstić information content (AvgIpc) is 2.57. The smallest absolute Gasteiger partial charge is 0.252 e. The van der Waals surface area contributed by atoms with Gasteiger partial charge in [0.25, 0.3) is 10.0 Å². The molecule has 1 rings (SSSR count). The molecule has 4 nitrogen and oxygen atoms in total. The fourth-order valence-corrected chi connectivity index (χ4v) is 4.98. The van der Waals surface area contributed by atoms with Crippen molar-refractivity contribution < 1.29 is 8.42 Å². The van der Waals surface area contributed by atoms with Crippen LogP contribution in [0.25, 0.3) is 0 Å². The first kappa shape index (κ1) is 15.6. The van der Waals surface area contributed by atoms with Crippen LogP contribution in [-0.4, -0.2) is 32.9 Å². The number of nitrogens with zero attached hydrogens (tertiary/aromatic N) is 1. The predicted molar refractivity (Wildman–Crippen MR) is 76.4 cm³/mol. The third-order valence-corrected chi connectivity index (χ3v) is 6.41. The molecule has 0 saturated heterocycles. The number of nitrogens with two attached hydrogens (primary N) is 1. The summed E-state index contributed by atoms with van der Waals surface area (Å²) in [4.78, 5) is 1.01. The van der Waals surface area contributed by atoms with Crippen LogP contribution in [0, 0.1) is 19.3 Å². The van der Waals surface area contributed by atoms with E-state index in [0.29, 0.717) is 17.3 Å². The van der Waals surface area contributed by atoms with Crippen LogP contribution in [0.3, 0.4) is 0 Å². The van der Waals surface area contributed by atoms with E-state index in [1.807, 2.05) is 33.8 Å². The summed E-state index contributed by atoms with van der Waals surface area (Å²) in [6.45, 7) is 8.55. The Kier molecular flexibility index (Phi) is 4.59. The SMILES string of the molecule is Cc1cc(C)c(S(=O)(=O)N(C)CC(C)(C)CN)s1. The van der Waals surface area contributed by atoms with Crippen LogP contribution >= 0.6 is 11.3 Å². The maximum atomic E-state index is 12.5. The fraction of sp³-hybridized carbons (Fsp3) is 0.667. The molecule has 0 radical (unpaired) electrons. The van der Waals surface area contributed by atoms with E-state index in [4.69, 9.17) is 5.73 Å². The van der Waals surface area contributed by atoms with Gasteiger partial charge in [-0.05, 0) is 37.4 Å². The molecule has 0 bridgehead atoms. The maximum absolute atomic E-state index is 12.5. The van der Waals surface area contributed by atoms with Gasteiger partial charge in [-0.2, -0.15) is 4.31 Å². The Morgan fingerprint density at radius 3 is 2.33 bits per heavy atom. The van der Waals surface area contributed by atoms with Crippen molar-refractivity contribution in [3.63, 3.8) is 0 Å². The molecule has 18 heavy (non-hydrogen) atoms. The van der Waals surface area contributed by atoms with Gasteiger partial charge in [-0.25, -0.2) is 8.42 Å². The second kappa shape index (κ2) is 5.28. The summed E-state index contributed by atoms with van der Waals surface area (Å²) in [5.41, 5.74) is 6.25. The maximum Gasteiger partial charge on any atom is 0.252 e. The van der Waals surface area contributed by atoms with Crippen molar-refractivity contribution in [1.29, 1.82) is 0 Å². The van der Waals surface area contributed by atoms with Crippen LogP contribution in [0.15, 0.2) is 10.3 Å². The summed E-state index contributed by atoms with van der Waals surface area (Å²) >= 11 is 1.32. The number of aryl methyl sites for hydroxylation is 2. The first-order valence-electron chi connectivity index (χ1n) is 5.83. The Bertz CT molecular complexity index is 518. The van der Waals surface area contributed by atoms with Gasteiger partial charge < -0.3 is 5.73 Å². The van der Waals surface area contributed by atoms with E-state index in [-0.39, 0.29) is 5.41 Å². The number of sulfonamides is 1. The van der Waals surface area contributed by atoms with E-state index >= 15 is 0 Å². The Hall–Kier alpha value is -0.430. The quantitative estimate of drug-likeness (QED) is 0.902. The Balaban J connectivity index is 3.04. The van der Waals surface area contributed by atoms with Crippen LogP contribution < -0.4 is 5.73 Å². The number of rotatable bonds is 5. The normalized spacial score (nSPS) is 13.3. The molecule has 0 spiro atoms. The lowest BCUT2D eigenvalue weighted by atomic mass is 9.94. The zero-order valence-corrected chi connectivity index (χ0v) is 13.3. The van der Waals surface area contributed by atoms with Crippen LogP contribution in [-0.2, 0) is 10.0 Å². The molecule has 104 valence electrons. The van der Waals surface area contributed by atoms with Gasteiger partial charge in [0.05, 0.1) is 0 Å². The second-order valence-electron chi connectivity index (χ2n) is 5.46. The van der Waals surface area contributed by atoms with Crippen molar-refractivity contribution in [2.75, 3.05) is 20.1 Å². The molecule has 0 aliphatic rings. The number of thiophene rings is 1. The van der Waals surface area contributed by atoms with Gasteiger partial charge in [-0.1, -0.05) is 13.8 Å². The van der Waals surface area contributed by atoms with Gasteiger partial charge in [0.1, 0.15) is 4.21 Å². The van der Waals surface area contributed by atoms with Crippen molar-refractivity contribution in [2.45, 2.75) is 31.9 Å². The van der Waals surface area contributed by atoms with E-state index in [2.05, 4.69) is 0 Å². The van der Waals surface area contributed by atoms with Crippen LogP contribution in [0.2, 0.25) is 0 Å². The Morgan fingerprint density at radius 2 is 1.94 bits per heavy atom. The molecule has 1 aromatic rings. The number of hydrogen-bond donors (Lipinski definition) is 1. The van der Waals surface area contributed by atoms with Crippen LogP contribution in [0.1, 0.15) is 24.3 Å². The Labute approximate surface area is 114 Å². The molecule has 0 unspecified atom stereocenters. The summed E-state index contributed by atoms with van der Waals surface area (Å²) in [5.74, 6) is 0. The molecule has 2 N–H and O–H groups in total. The molecule has 0 saturated carbocycles. The number of hydrogen-bond acceptors (Lipinski definition) is 4. The van der Waals surface area contributed by atoms with E-state index in [1.165, 1.54) is 15.6 Å². The molecule has 6 heteroatoms. The minimum Gasteiger partial charge on any atom is -0.330 e. The summed E-state index contributed by atoms with van der Waals surface area (Å²) in [7, 11) is -1.78. The van der Waals surface area contributed by atoms with Crippen molar-refractivity contribution in [2.24, 2.45) is 11.1 Å². The molecule has 1 heterocycles. The molecule has 0 aliphatic heterocycles. The summed E-state index contributed by atoms with van der Waals surface area (Å²) < 4.78 is 26.8. The van der Waals surface area contributed by atoms with Gasteiger partial charge in [-0.15, -0.1) is 11.3 Å². The molecule has 0 aliphatic carbocycles. The third kappa shape index (κ3) is 3.32. The average molecular weight is 290 g/mol. The van der Waals surface area contributed by atoms with E-state index in [9.17, 15) is 8.42 Å². The third-order valence-electron chi connectivity index (χ3n) is 2.84. The van der Waals surface area contributed by atoms with E-state index in [0.717, 1.165) is 10.4 Å². The van der Waals surface area contributed by atoms with Crippen LogP contribution in [0.5, 0.6) is 0 Å². The lowest BCUT2D eigenvalue weighted by molar-refractivity contribution is 0.292. The van der Waals surface area contributed by atoms with Crippen molar-refractivity contribution in [1.82, 2.24) is 4.31 Å². The minimum atomic E-state index is -3.40. The zero-order valence-electron chi connectivity index (χ0n) is 11.6. The first-order chi connectivity index (χ1) is 8.10. The molecule has 0 atom stereocenters.